The van der Waals surface area contributed by atoms with Gasteiger partial charge in [0.2, 0.25) is 0 Å². The first-order chi connectivity index (χ1) is 13.1. The molecule has 4 rings (SSSR count). The lowest BCUT2D eigenvalue weighted by Gasteiger charge is -2.36. The van der Waals surface area contributed by atoms with E-state index >= 15 is 0 Å². The molecule has 1 amide bonds. The fourth-order valence-electron chi connectivity index (χ4n) is 3.76. The Balaban J connectivity index is 1.38. The van der Waals surface area contributed by atoms with E-state index in [1.165, 1.54) is 29.0 Å². The van der Waals surface area contributed by atoms with E-state index in [9.17, 15) is 4.79 Å². The molecule has 2 aliphatic heterocycles. The first-order valence-corrected chi connectivity index (χ1v) is 10.5. The van der Waals surface area contributed by atoms with Crippen LogP contribution >= 0.6 is 11.9 Å². The molecule has 2 fully saturated rings. The molecule has 0 saturated carbocycles. The van der Waals surface area contributed by atoms with E-state index in [1.807, 2.05) is 35.2 Å². The molecule has 0 N–H and O–H groups in total. The average molecular weight is 383 g/mol. The predicted molar refractivity (Wildman–Crippen MR) is 113 cm³/mol. The Labute approximate surface area is 165 Å². The zero-order valence-corrected chi connectivity index (χ0v) is 16.8. The first kappa shape index (κ1) is 18.2. The number of aromatic nitrogens is 1. The van der Waals surface area contributed by atoms with E-state index in [-0.39, 0.29) is 5.91 Å². The average Bonchev–Trinajstić information content (AvgIpc) is 3.23. The van der Waals surface area contributed by atoms with Crippen LogP contribution in [0, 0.1) is 13.8 Å². The van der Waals surface area contributed by atoms with Crippen molar-refractivity contribution in [3.8, 4) is 0 Å². The standard InChI is InChI=1S/C21H26N4OS/c1-16-14-17(2)20(22-15-16)23-9-11-24(12-10-23)21(26)18-4-6-19(7-5-18)25-8-3-13-27-25/h4-7,14-15H,3,8-13H2,1-2H3. The summed E-state index contributed by atoms with van der Waals surface area (Å²) in [6.45, 7) is 8.37. The predicted octanol–water partition coefficient (Wildman–Crippen LogP) is 3.52. The molecule has 1 aromatic heterocycles. The van der Waals surface area contributed by atoms with Crippen LogP contribution in [0.4, 0.5) is 11.5 Å². The minimum absolute atomic E-state index is 0.129. The SMILES string of the molecule is Cc1cnc(N2CCN(C(=O)c3ccc(N4CCCS4)cc3)CC2)c(C)c1. The van der Waals surface area contributed by atoms with Crippen molar-refractivity contribution in [1.29, 1.82) is 0 Å². The van der Waals surface area contributed by atoms with Gasteiger partial charge in [0.05, 0.1) is 0 Å². The van der Waals surface area contributed by atoms with E-state index in [1.54, 1.807) is 0 Å². The zero-order valence-electron chi connectivity index (χ0n) is 16.0. The van der Waals surface area contributed by atoms with E-state index in [2.05, 4.69) is 46.2 Å². The van der Waals surface area contributed by atoms with E-state index in [4.69, 9.17) is 0 Å². The molecule has 27 heavy (non-hydrogen) atoms. The monoisotopic (exact) mass is 382 g/mol. The van der Waals surface area contributed by atoms with Gasteiger partial charge in [0, 0.05) is 55.9 Å². The van der Waals surface area contributed by atoms with Gasteiger partial charge in [0.25, 0.3) is 5.91 Å². The Bertz CT molecular complexity index is 809. The molecule has 3 heterocycles. The summed E-state index contributed by atoms with van der Waals surface area (Å²) in [5.74, 6) is 2.35. The molecule has 2 aliphatic rings. The maximum Gasteiger partial charge on any atom is 0.253 e. The Hall–Kier alpha value is -2.21. The smallest absolute Gasteiger partial charge is 0.253 e. The zero-order chi connectivity index (χ0) is 18.8. The summed E-state index contributed by atoms with van der Waals surface area (Å²) in [5.41, 5.74) is 4.35. The lowest BCUT2D eigenvalue weighted by atomic mass is 10.1. The van der Waals surface area contributed by atoms with Gasteiger partial charge in [0.15, 0.2) is 0 Å². The minimum Gasteiger partial charge on any atom is -0.353 e. The molecule has 0 atom stereocenters. The van der Waals surface area contributed by atoms with Crippen molar-refractivity contribution in [2.75, 3.05) is 47.7 Å². The fraction of sp³-hybridized carbons (Fsp3) is 0.429. The number of rotatable bonds is 3. The quantitative estimate of drug-likeness (QED) is 0.760. The van der Waals surface area contributed by atoms with E-state index < -0.39 is 0 Å². The number of amides is 1. The Morgan fingerprint density at radius 1 is 1.04 bits per heavy atom. The molecule has 5 nitrogen and oxygen atoms in total. The van der Waals surface area contributed by atoms with Crippen molar-refractivity contribution in [3.63, 3.8) is 0 Å². The van der Waals surface area contributed by atoms with Gasteiger partial charge in [-0.15, -0.1) is 0 Å². The third-order valence-electron chi connectivity index (χ3n) is 5.21. The molecular formula is C21H26N4OS. The Morgan fingerprint density at radius 2 is 1.78 bits per heavy atom. The number of benzene rings is 1. The van der Waals surface area contributed by atoms with Crippen LogP contribution in [-0.4, -0.2) is 54.3 Å². The Morgan fingerprint density at radius 3 is 2.41 bits per heavy atom. The summed E-state index contributed by atoms with van der Waals surface area (Å²) in [4.78, 5) is 21.7. The molecule has 2 aromatic rings. The number of anilines is 2. The number of hydrogen-bond acceptors (Lipinski definition) is 5. The number of aryl methyl sites for hydroxylation is 2. The second kappa shape index (κ2) is 7.80. The highest BCUT2D eigenvalue weighted by atomic mass is 32.2. The third kappa shape index (κ3) is 3.90. The minimum atomic E-state index is 0.129. The van der Waals surface area contributed by atoms with Gasteiger partial charge in [-0.2, -0.15) is 0 Å². The Kier molecular flexibility index (Phi) is 5.25. The number of nitrogens with zero attached hydrogens (tertiary/aromatic N) is 4. The molecule has 6 heteroatoms. The molecule has 0 unspecified atom stereocenters. The second-order valence-corrected chi connectivity index (χ2v) is 8.38. The van der Waals surface area contributed by atoms with Crippen LogP contribution in [0.25, 0.3) is 0 Å². The van der Waals surface area contributed by atoms with Crippen molar-refractivity contribution in [2.24, 2.45) is 0 Å². The lowest BCUT2D eigenvalue weighted by molar-refractivity contribution is 0.0746. The van der Waals surface area contributed by atoms with Crippen LogP contribution in [-0.2, 0) is 0 Å². The summed E-state index contributed by atoms with van der Waals surface area (Å²) >= 11 is 1.86. The molecule has 2 saturated heterocycles. The number of pyridine rings is 1. The van der Waals surface area contributed by atoms with Crippen LogP contribution in [0.5, 0.6) is 0 Å². The van der Waals surface area contributed by atoms with Crippen molar-refractivity contribution in [3.05, 3.63) is 53.2 Å². The lowest BCUT2D eigenvalue weighted by Crippen LogP contribution is -2.49. The van der Waals surface area contributed by atoms with E-state index in [0.29, 0.717) is 0 Å². The van der Waals surface area contributed by atoms with Gasteiger partial charge < -0.3 is 14.1 Å². The van der Waals surface area contributed by atoms with Crippen LogP contribution in [0.1, 0.15) is 27.9 Å². The second-order valence-electron chi connectivity index (χ2n) is 7.27. The molecular weight excluding hydrogens is 356 g/mol. The topological polar surface area (TPSA) is 39.7 Å². The van der Waals surface area contributed by atoms with Crippen molar-refractivity contribution in [2.45, 2.75) is 20.3 Å². The van der Waals surface area contributed by atoms with Gasteiger partial charge in [-0.1, -0.05) is 6.07 Å². The van der Waals surface area contributed by atoms with E-state index in [0.717, 1.165) is 44.1 Å². The van der Waals surface area contributed by atoms with Gasteiger partial charge in [-0.05, 0) is 67.6 Å². The highest BCUT2D eigenvalue weighted by molar-refractivity contribution is 8.00. The normalized spacial score (nSPS) is 17.5. The van der Waals surface area contributed by atoms with Crippen LogP contribution in [0.2, 0.25) is 0 Å². The van der Waals surface area contributed by atoms with Crippen molar-refractivity contribution in [1.82, 2.24) is 9.88 Å². The number of carbonyl (C=O) groups is 1. The highest BCUT2D eigenvalue weighted by Gasteiger charge is 2.24. The van der Waals surface area contributed by atoms with Crippen molar-refractivity contribution >= 4 is 29.4 Å². The molecule has 0 radical (unpaired) electrons. The number of carbonyl (C=O) groups excluding carboxylic acids is 1. The molecule has 0 spiro atoms. The summed E-state index contributed by atoms with van der Waals surface area (Å²) < 4.78 is 2.31. The summed E-state index contributed by atoms with van der Waals surface area (Å²) in [6.07, 6.45) is 3.14. The fourth-order valence-corrected chi connectivity index (χ4v) is 4.77. The first-order valence-electron chi connectivity index (χ1n) is 9.60. The molecule has 0 aliphatic carbocycles. The van der Waals surface area contributed by atoms with Crippen molar-refractivity contribution < 1.29 is 4.79 Å². The maximum atomic E-state index is 12.9. The third-order valence-corrected chi connectivity index (χ3v) is 6.38. The van der Waals surface area contributed by atoms with Gasteiger partial charge in [0.1, 0.15) is 5.82 Å². The molecule has 1 aromatic carbocycles. The highest BCUT2D eigenvalue weighted by Crippen LogP contribution is 2.28. The largest absolute Gasteiger partial charge is 0.353 e. The van der Waals surface area contributed by atoms with Gasteiger partial charge in [-0.25, -0.2) is 4.98 Å². The molecule has 142 valence electrons. The van der Waals surface area contributed by atoms with Crippen LogP contribution in [0.3, 0.4) is 0 Å². The van der Waals surface area contributed by atoms with Crippen LogP contribution in [0.15, 0.2) is 36.5 Å². The van der Waals surface area contributed by atoms with Gasteiger partial charge in [-0.3, -0.25) is 4.79 Å². The number of piperazine rings is 1. The molecule has 0 bridgehead atoms. The van der Waals surface area contributed by atoms with Crippen LogP contribution < -0.4 is 9.21 Å². The maximum absolute atomic E-state index is 12.9. The summed E-state index contributed by atoms with van der Waals surface area (Å²) in [5, 5.41) is 0. The summed E-state index contributed by atoms with van der Waals surface area (Å²) in [6, 6.07) is 10.2. The summed E-state index contributed by atoms with van der Waals surface area (Å²) in [7, 11) is 0. The number of hydrogen-bond donors (Lipinski definition) is 0. The van der Waals surface area contributed by atoms with Gasteiger partial charge >= 0.3 is 0 Å².